The summed E-state index contributed by atoms with van der Waals surface area (Å²) in [6, 6.07) is 27.8. The Labute approximate surface area is 148 Å². The molecule has 0 spiro atoms. The molecule has 0 heterocycles. The molecule has 0 bridgehead atoms. The van der Waals surface area contributed by atoms with Crippen molar-refractivity contribution < 1.29 is 4.79 Å². The smallest absolute Gasteiger partial charge is 0.244 e. The average molecular weight is 327 g/mol. The van der Waals surface area contributed by atoms with Crippen molar-refractivity contribution in [3.8, 4) is 0 Å². The Morgan fingerprint density at radius 1 is 0.840 bits per heavy atom. The lowest BCUT2D eigenvalue weighted by atomic mass is 9.95. The predicted octanol–water partition coefficient (Wildman–Crippen LogP) is 4.91. The molecule has 3 aromatic rings. The van der Waals surface area contributed by atoms with E-state index in [1.54, 1.807) is 6.08 Å². The molecular formula is C23H21NO. The summed E-state index contributed by atoms with van der Waals surface area (Å²) >= 11 is 0. The first-order valence-corrected chi connectivity index (χ1v) is 8.38. The van der Waals surface area contributed by atoms with Crippen LogP contribution in [-0.4, -0.2) is 5.91 Å². The molecule has 0 saturated carbocycles. The van der Waals surface area contributed by atoms with Gasteiger partial charge in [-0.2, -0.15) is 0 Å². The highest BCUT2D eigenvalue weighted by molar-refractivity contribution is 5.92. The lowest BCUT2D eigenvalue weighted by Crippen LogP contribution is -2.28. The van der Waals surface area contributed by atoms with Crippen LogP contribution in [0.5, 0.6) is 0 Å². The molecule has 0 fully saturated rings. The summed E-state index contributed by atoms with van der Waals surface area (Å²) < 4.78 is 0. The summed E-state index contributed by atoms with van der Waals surface area (Å²) in [4.78, 5) is 12.5. The SMILES string of the molecule is Cc1ccccc1[C@@H](NC(=O)/C=C/c1ccccc1)c1ccccc1. The van der Waals surface area contributed by atoms with Gasteiger partial charge in [-0.25, -0.2) is 0 Å². The minimum atomic E-state index is -0.171. The maximum atomic E-state index is 12.5. The fraction of sp³-hybridized carbons (Fsp3) is 0.0870. The molecule has 0 aromatic heterocycles. The quantitative estimate of drug-likeness (QED) is 0.663. The van der Waals surface area contributed by atoms with Gasteiger partial charge in [0.1, 0.15) is 0 Å². The third-order valence-electron chi connectivity index (χ3n) is 4.15. The fourth-order valence-corrected chi connectivity index (χ4v) is 2.82. The van der Waals surface area contributed by atoms with E-state index in [4.69, 9.17) is 0 Å². The molecular weight excluding hydrogens is 306 g/mol. The van der Waals surface area contributed by atoms with Crippen molar-refractivity contribution >= 4 is 12.0 Å². The molecule has 1 amide bonds. The van der Waals surface area contributed by atoms with Crippen molar-refractivity contribution in [2.45, 2.75) is 13.0 Å². The van der Waals surface area contributed by atoms with E-state index in [1.807, 2.05) is 78.9 Å². The van der Waals surface area contributed by atoms with Crippen molar-refractivity contribution in [3.05, 3.63) is 113 Å². The van der Waals surface area contributed by atoms with E-state index < -0.39 is 0 Å². The molecule has 0 unspecified atom stereocenters. The first-order chi connectivity index (χ1) is 12.2. The zero-order chi connectivity index (χ0) is 17.5. The highest BCUT2D eigenvalue weighted by atomic mass is 16.1. The molecule has 2 heteroatoms. The number of nitrogens with one attached hydrogen (secondary N) is 1. The van der Waals surface area contributed by atoms with Crippen molar-refractivity contribution in [3.63, 3.8) is 0 Å². The van der Waals surface area contributed by atoms with Crippen LogP contribution in [0.25, 0.3) is 6.08 Å². The molecule has 0 radical (unpaired) electrons. The zero-order valence-corrected chi connectivity index (χ0v) is 14.2. The summed E-state index contributed by atoms with van der Waals surface area (Å²) in [5, 5.41) is 3.13. The van der Waals surface area contributed by atoms with E-state index in [1.165, 1.54) is 0 Å². The number of rotatable bonds is 5. The van der Waals surface area contributed by atoms with Crippen LogP contribution in [0.15, 0.2) is 91.0 Å². The van der Waals surface area contributed by atoms with Gasteiger partial charge in [0.2, 0.25) is 5.91 Å². The predicted molar refractivity (Wildman–Crippen MR) is 103 cm³/mol. The van der Waals surface area contributed by atoms with Crippen molar-refractivity contribution in [1.82, 2.24) is 5.32 Å². The van der Waals surface area contributed by atoms with Gasteiger partial charge in [0.05, 0.1) is 6.04 Å². The van der Waals surface area contributed by atoms with Crippen LogP contribution in [-0.2, 0) is 4.79 Å². The van der Waals surface area contributed by atoms with Gasteiger partial charge in [0, 0.05) is 6.08 Å². The van der Waals surface area contributed by atoms with Gasteiger partial charge in [-0.3, -0.25) is 4.79 Å². The number of hydrogen-bond acceptors (Lipinski definition) is 1. The van der Waals surface area contributed by atoms with Crippen molar-refractivity contribution in [2.75, 3.05) is 0 Å². The van der Waals surface area contributed by atoms with E-state index in [9.17, 15) is 4.79 Å². The lowest BCUT2D eigenvalue weighted by molar-refractivity contribution is -0.116. The minimum Gasteiger partial charge on any atom is -0.342 e. The molecule has 1 N–H and O–H groups in total. The summed E-state index contributed by atoms with van der Waals surface area (Å²) in [7, 11) is 0. The average Bonchev–Trinajstić information content (AvgIpc) is 2.67. The summed E-state index contributed by atoms with van der Waals surface area (Å²) in [6.45, 7) is 2.07. The van der Waals surface area contributed by atoms with Crippen LogP contribution >= 0.6 is 0 Å². The molecule has 0 saturated heterocycles. The number of hydrogen-bond donors (Lipinski definition) is 1. The monoisotopic (exact) mass is 327 g/mol. The number of carbonyl (C=O) groups excluding carboxylic acids is 1. The normalized spacial score (nSPS) is 12.0. The van der Waals surface area contributed by atoms with E-state index in [-0.39, 0.29) is 11.9 Å². The highest BCUT2D eigenvalue weighted by Crippen LogP contribution is 2.24. The van der Waals surface area contributed by atoms with E-state index >= 15 is 0 Å². The molecule has 1 atom stereocenters. The Morgan fingerprint density at radius 2 is 1.44 bits per heavy atom. The fourth-order valence-electron chi connectivity index (χ4n) is 2.82. The van der Waals surface area contributed by atoms with Gasteiger partial charge in [-0.1, -0.05) is 84.9 Å². The third-order valence-corrected chi connectivity index (χ3v) is 4.15. The molecule has 3 rings (SSSR count). The number of aryl methyl sites for hydroxylation is 1. The van der Waals surface area contributed by atoms with Gasteiger partial charge < -0.3 is 5.32 Å². The number of benzene rings is 3. The topological polar surface area (TPSA) is 29.1 Å². The Morgan fingerprint density at radius 3 is 2.12 bits per heavy atom. The standard InChI is InChI=1S/C23H21NO/c1-18-10-8-9-15-21(18)23(20-13-6-3-7-14-20)24-22(25)17-16-19-11-4-2-5-12-19/h2-17,23H,1H3,(H,24,25)/b17-16+/t23-/m0/s1. The molecule has 124 valence electrons. The van der Waals surface area contributed by atoms with Crippen LogP contribution in [0, 0.1) is 6.92 Å². The van der Waals surface area contributed by atoms with Crippen LogP contribution in [0.1, 0.15) is 28.3 Å². The second-order valence-electron chi connectivity index (χ2n) is 5.95. The molecule has 2 nitrogen and oxygen atoms in total. The largest absolute Gasteiger partial charge is 0.342 e. The van der Waals surface area contributed by atoms with Gasteiger partial charge in [0.15, 0.2) is 0 Å². The van der Waals surface area contributed by atoms with Crippen LogP contribution in [0.3, 0.4) is 0 Å². The number of carbonyl (C=O) groups is 1. The Hall–Kier alpha value is -3.13. The second-order valence-corrected chi connectivity index (χ2v) is 5.95. The molecule has 0 aliphatic heterocycles. The van der Waals surface area contributed by atoms with Gasteiger partial charge in [-0.15, -0.1) is 0 Å². The van der Waals surface area contributed by atoms with E-state index in [0.29, 0.717) is 0 Å². The summed E-state index contributed by atoms with van der Waals surface area (Å²) in [5.74, 6) is -0.110. The van der Waals surface area contributed by atoms with Gasteiger partial charge >= 0.3 is 0 Å². The van der Waals surface area contributed by atoms with E-state index in [2.05, 4.69) is 24.4 Å². The van der Waals surface area contributed by atoms with Crippen LogP contribution in [0.2, 0.25) is 0 Å². The first kappa shape index (κ1) is 16.7. The van der Waals surface area contributed by atoms with Crippen LogP contribution < -0.4 is 5.32 Å². The lowest BCUT2D eigenvalue weighted by Gasteiger charge is -2.21. The third kappa shape index (κ3) is 4.45. The summed E-state index contributed by atoms with van der Waals surface area (Å²) in [5.41, 5.74) is 4.34. The zero-order valence-electron chi connectivity index (χ0n) is 14.2. The van der Waals surface area contributed by atoms with E-state index in [0.717, 1.165) is 22.3 Å². The molecule has 0 aliphatic carbocycles. The second kappa shape index (κ2) is 8.11. The Bertz CT molecular complexity index is 854. The first-order valence-electron chi connectivity index (χ1n) is 8.38. The van der Waals surface area contributed by atoms with Gasteiger partial charge in [-0.05, 0) is 35.3 Å². The Balaban J connectivity index is 1.84. The number of amides is 1. The van der Waals surface area contributed by atoms with Crippen molar-refractivity contribution in [2.24, 2.45) is 0 Å². The van der Waals surface area contributed by atoms with Gasteiger partial charge in [0.25, 0.3) is 0 Å². The van der Waals surface area contributed by atoms with Crippen LogP contribution in [0.4, 0.5) is 0 Å². The maximum Gasteiger partial charge on any atom is 0.244 e. The molecule has 0 aliphatic rings. The molecule has 3 aromatic carbocycles. The van der Waals surface area contributed by atoms with Crippen molar-refractivity contribution in [1.29, 1.82) is 0 Å². The minimum absolute atomic E-state index is 0.110. The maximum absolute atomic E-state index is 12.5. The molecule has 25 heavy (non-hydrogen) atoms. The summed E-state index contributed by atoms with van der Waals surface area (Å²) in [6.07, 6.45) is 3.42. The Kier molecular flexibility index (Phi) is 5.43. The highest BCUT2D eigenvalue weighted by Gasteiger charge is 2.17.